The van der Waals surface area contributed by atoms with Crippen LogP contribution in [0.15, 0.2) is 18.3 Å². The van der Waals surface area contributed by atoms with Crippen LogP contribution in [0.25, 0.3) is 0 Å². The van der Waals surface area contributed by atoms with Crippen LogP contribution in [-0.4, -0.2) is 18.7 Å². The number of methoxy groups -OCH3 is 1. The first-order valence-corrected chi connectivity index (χ1v) is 3.49. The Morgan fingerprint density at radius 1 is 1.45 bits per heavy atom. The fourth-order valence-electron chi connectivity index (χ4n) is 0.721. The zero-order valence-electron chi connectivity index (χ0n) is 6.70. The molecule has 0 saturated heterocycles. The summed E-state index contributed by atoms with van der Waals surface area (Å²) in [6.07, 6.45) is 1.63. The smallest absolute Gasteiger partial charge is 0.213 e. The third kappa shape index (κ3) is 2.11. The molecule has 0 amide bonds. The lowest BCUT2D eigenvalue weighted by Gasteiger charge is -2.01. The van der Waals surface area contributed by atoms with Crippen LogP contribution in [0.3, 0.4) is 0 Å². The quantitative estimate of drug-likeness (QED) is 0.659. The van der Waals surface area contributed by atoms with Gasteiger partial charge in [-0.3, -0.25) is 0 Å². The maximum Gasteiger partial charge on any atom is 0.213 e. The van der Waals surface area contributed by atoms with Crippen molar-refractivity contribution in [2.45, 2.75) is 6.92 Å². The molecular formula is C8H11NO2. The first-order chi connectivity index (χ1) is 5.36. The highest BCUT2D eigenvalue weighted by Crippen LogP contribution is 2.12. The number of pyridine rings is 1. The van der Waals surface area contributed by atoms with E-state index in [9.17, 15) is 0 Å². The molecule has 1 aromatic heterocycles. The predicted molar refractivity (Wildman–Crippen MR) is 42.0 cm³/mol. The standard InChI is InChI=1S/C8H11NO2/c1-3-11-8-5-4-7(10-2)6-9-8/h4-6H,3H2,1-2H3. The lowest BCUT2D eigenvalue weighted by atomic mass is 10.4. The van der Waals surface area contributed by atoms with Crippen molar-refractivity contribution < 1.29 is 9.47 Å². The minimum atomic E-state index is 0.633. The van der Waals surface area contributed by atoms with Crippen LogP contribution >= 0.6 is 0 Å². The SMILES string of the molecule is CCOc1ccc(OC)cn1. The highest BCUT2D eigenvalue weighted by atomic mass is 16.5. The normalized spacial score (nSPS) is 9.27. The van der Waals surface area contributed by atoms with E-state index in [1.165, 1.54) is 0 Å². The minimum absolute atomic E-state index is 0.633. The van der Waals surface area contributed by atoms with Crippen molar-refractivity contribution in [2.75, 3.05) is 13.7 Å². The summed E-state index contributed by atoms with van der Waals surface area (Å²) in [6.45, 7) is 2.56. The number of nitrogens with zero attached hydrogens (tertiary/aromatic N) is 1. The van der Waals surface area contributed by atoms with Gasteiger partial charge in [0.15, 0.2) is 0 Å². The van der Waals surface area contributed by atoms with Gasteiger partial charge in [-0.1, -0.05) is 0 Å². The van der Waals surface area contributed by atoms with Gasteiger partial charge in [0.25, 0.3) is 0 Å². The van der Waals surface area contributed by atoms with Crippen molar-refractivity contribution >= 4 is 0 Å². The number of hydrogen-bond acceptors (Lipinski definition) is 3. The van der Waals surface area contributed by atoms with Gasteiger partial charge in [0.05, 0.1) is 19.9 Å². The van der Waals surface area contributed by atoms with Gasteiger partial charge in [0.1, 0.15) is 5.75 Å². The lowest BCUT2D eigenvalue weighted by molar-refractivity contribution is 0.325. The first kappa shape index (κ1) is 7.85. The topological polar surface area (TPSA) is 31.4 Å². The Balaban J connectivity index is 2.66. The van der Waals surface area contributed by atoms with E-state index in [0.29, 0.717) is 12.5 Å². The maximum atomic E-state index is 5.14. The third-order valence-electron chi connectivity index (χ3n) is 1.24. The molecule has 0 aromatic carbocycles. The molecule has 0 bridgehead atoms. The Morgan fingerprint density at radius 2 is 2.27 bits per heavy atom. The van der Waals surface area contributed by atoms with E-state index in [1.54, 1.807) is 19.4 Å². The maximum absolute atomic E-state index is 5.14. The van der Waals surface area contributed by atoms with Crippen LogP contribution in [0.5, 0.6) is 11.6 Å². The van der Waals surface area contributed by atoms with E-state index in [2.05, 4.69) is 4.98 Å². The second-order valence-corrected chi connectivity index (χ2v) is 1.97. The number of ether oxygens (including phenoxy) is 2. The summed E-state index contributed by atoms with van der Waals surface area (Å²) >= 11 is 0. The molecule has 3 nitrogen and oxygen atoms in total. The second kappa shape index (κ2) is 3.81. The number of aromatic nitrogens is 1. The summed E-state index contributed by atoms with van der Waals surface area (Å²) in [7, 11) is 1.61. The van der Waals surface area contributed by atoms with Gasteiger partial charge in [0.2, 0.25) is 5.88 Å². The van der Waals surface area contributed by atoms with Crippen molar-refractivity contribution in [2.24, 2.45) is 0 Å². The van der Waals surface area contributed by atoms with Gasteiger partial charge in [-0.05, 0) is 13.0 Å². The van der Waals surface area contributed by atoms with E-state index in [0.717, 1.165) is 5.75 Å². The summed E-state index contributed by atoms with van der Waals surface area (Å²) in [5.74, 6) is 1.38. The molecule has 0 spiro atoms. The van der Waals surface area contributed by atoms with Crippen molar-refractivity contribution in [3.8, 4) is 11.6 Å². The zero-order valence-corrected chi connectivity index (χ0v) is 6.70. The molecule has 1 aromatic rings. The average Bonchev–Trinajstić information content (AvgIpc) is 2.07. The highest BCUT2D eigenvalue weighted by molar-refractivity contribution is 5.22. The minimum Gasteiger partial charge on any atom is -0.495 e. The van der Waals surface area contributed by atoms with Crippen molar-refractivity contribution in [1.82, 2.24) is 4.98 Å². The molecule has 0 N–H and O–H groups in total. The molecule has 1 rings (SSSR count). The molecule has 0 unspecified atom stereocenters. The third-order valence-corrected chi connectivity index (χ3v) is 1.24. The van der Waals surface area contributed by atoms with Gasteiger partial charge < -0.3 is 9.47 Å². The lowest BCUT2D eigenvalue weighted by Crippen LogP contribution is -1.93. The Kier molecular flexibility index (Phi) is 2.72. The monoisotopic (exact) mass is 153 g/mol. The van der Waals surface area contributed by atoms with Crippen LogP contribution in [0.2, 0.25) is 0 Å². The molecule has 11 heavy (non-hydrogen) atoms. The van der Waals surface area contributed by atoms with Gasteiger partial charge in [-0.25, -0.2) is 4.98 Å². The van der Waals surface area contributed by atoms with E-state index >= 15 is 0 Å². The molecule has 0 aliphatic carbocycles. The molecule has 60 valence electrons. The molecule has 0 fully saturated rings. The van der Waals surface area contributed by atoms with Gasteiger partial charge in [0, 0.05) is 6.07 Å². The van der Waals surface area contributed by atoms with Crippen LogP contribution in [0.4, 0.5) is 0 Å². The summed E-state index contributed by atoms with van der Waals surface area (Å²) in [6, 6.07) is 3.60. The molecule has 3 heteroatoms. The Labute approximate surface area is 66.0 Å². The van der Waals surface area contributed by atoms with Crippen molar-refractivity contribution in [3.63, 3.8) is 0 Å². The summed E-state index contributed by atoms with van der Waals surface area (Å²) < 4.78 is 10.1. The molecule has 1 heterocycles. The fourth-order valence-corrected chi connectivity index (χ4v) is 0.721. The average molecular weight is 153 g/mol. The largest absolute Gasteiger partial charge is 0.495 e. The van der Waals surface area contributed by atoms with Crippen LogP contribution in [0.1, 0.15) is 6.92 Å². The molecule has 0 aliphatic rings. The Hall–Kier alpha value is -1.25. The molecule has 0 saturated carbocycles. The van der Waals surface area contributed by atoms with Crippen molar-refractivity contribution in [1.29, 1.82) is 0 Å². The fraction of sp³-hybridized carbons (Fsp3) is 0.375. The van der Waals surface area contributed by atoms with Crippen molar-refractivity contribution in [3.05, 3.63) is 18.3 Å². The second-order valence-electron chi connectivity index (χ2n) is 1.97. The first-order valence-electron chi connectivity index (χ1n) is 3.49. The molecular weight excluding hydrogens is 142 g/mol. The predicted octanol–water partition coefficient (Wildman–Crippen LogP) is 1.49. The summed E-state index contributed by atoms with van der Waals surface area (Å²) in [4.78, 5) is 3.99. The van der Waals surface area contributed by atoms with E-state index < -0.39 is 0 Å². The molecule has 0 atom stereocenters. The Morgan fingerprint density at radius 3 is 2.73 bits per heavy atom. The van der Waals surface area contributed by atoms with E-state index in [4.69, 9.17) is 9.47 Å². The van der Waals surface area contributed by atoms with Crippen LogP contribution in [0, 0.1) is 0 Å². The summed E-state index contributed by atoms with van der Waals surface area (Å²) in [5.41, 5.74) is 0. The van der Waals surface area contributed by atoms with Crippen LogP contribution in [-0.2, 0) is 0 Å². The summed E-state index contributed by atoms with van der Waals surface area (Å²) in [5, 5.41) is 0. The van der Waals surface area contributed by atoms with E-state index in [-0.39, 0.29) is 0 Å². The molecule has 0 aliphatic heterocycles. The molecule has 0 radical (unpaired) electrons. The Bertz CT molecular complexity index is 208. The zero-order chi connectivity index (χ0) is 8.10. The van der Waals surface area contributed by atoms with Gasteiger partial charge in [-0.2, -0.15) is 0 Å². The number of hydrogen-bond donors (Lipinski definition) is 0. The number of rotatable bonds is 3. The van der Waals surface area contributed by atoms with Gasteiger partial charge in [-0.15, -0.1) is 0 Å². The van der Waals surface area contributed by atoms with Gasteiger partial charge >= 0.3 is 0 Å². The van der Waals surface area contributed by atoms with Crippen LogP contribution < -0.4 is 9.47 Å². The highest BCUT2D eigenvalue weighted by Gasteiger charge is 1.93. The van der Waals surface area contributed by atoms with E-state index in [1.807, 2.05) is 13.0 Å².